The molecule has 0 spiro atoms. The summed E-state index contributed by atoms with van der Waals surface area (Å²) in [6.07, 6.45) is 0. The first-order valence-electron chi connectivity index (χ1n) is 4.26. The van der Waals surface area contributed by atoms with Crippen molar-refractivity contribution in [3.63, 3.8) is 0 Å². The van der Waals surface area contributed by atoms with Gasteiger partial charge in [0.25, 0.3) is 5.60 Å². The van der Waals surface area contributed by atoms with Crippen LogP contribution in [0.4, 0.5) is 0 Å². The Morgan fingerprint density at radius 2 is 1.56 bits per heavy atom. The molecule has 0 saturated heterocycles. The highest BCUT2D eigenvalue weighted by Gasteiger charge is 2.46. The van der Waals surface area contributed by atoms with E-state index in [2.05, 4.69) is 0 Å². The molecular formula is C10H10O6. The quantitative estimate of drug-likeness (QED) is 0.627. The van der Waals surface area contributed by atoms with Crippen molar-refractivity contribution in [2.45, 2.75) is 5.60 Å². The molecule has 1 rings (SSSR count). The highest BCUT2D eigenvalue weighted by Crippen LogP contribution is 2.24. The Hall–Kier alpha value is -2.08. The molecular weight excluding hydrogens is 216 g/mol. The number of hydrogen-bond donors (Lipinski definition) is 3. The van der Waals surface area contributed by atoms with Gasteiger partial charge in [-0.3, -0.25) is 0 Å². The maximum atomic E-state index is 10.8. The van der Waals surface area contributed by atoms with Gasteiger partial charge in [0, 0.05) is 5.56 Å². The molecule has 0 saturated carbocycles. The molecule has 0 atom stereocenters. The van der Waals surface area contributed by atoms with Crippen LogP contribution in [0.25, 0.3) is 0 Å². The fraction of sp³-hybridized carbons (Fsp3) is 0.200. The third-order valence-corrected chi connectivity index (χ3v) is 2.13. The minimum atomic E-state index is -2.94. The fourth-order valence-electron chi connectivity index (χ4n) is 1.17. The molecule has 0 radical (unpaired) electrons. The van der Waals surface area contributed by atoms with Crippen molar-refractivity contribution in [2.24, 2.45) is 0 Å². The van der Waals surface area contributed by atoms with Crippen LogP contribution in [-0.4, -0.2) is 34.4 Å². The Bertz CT molecular complexity index is 394. The van der Waals surface area contributed by atoms with Crippen LogP contribution in [-0.2, 0) is 15.2 Å². The number of carboxylic acids is 2. The lowest BCUT2D eigenvalue weighted by atomic mass is 9.94. The lowest BCUT2D eigenvalue weighted by Crippen LogP contribution is -2.43. The van der Waals surface area contributed by atoms with Crippen LogP contribution in [0.15, 0.2) is 24.3 Å². The Morgan fingerprint density at radius 3 is 1.88 bits per heavy atom. The van der Waals surface area contributed by atoms with E-state index in [0.717, 1.165) is 0 Å². The molecule has 3 N–H and O–H groups in total. The van der Waals surface area contributed by atoms with Crippen molar-refractivity contribution >= 4 is 11.9 Å². The summed E-state index contributed by atoms with van der Waals surface area (Å²) in [5, 5.41) is 27.0. The second-order valence-electron chi connectivity index (χ2n) is 3.05. The summed E-state index contributed by atoms with van der Waals surface area (Å²) < 4.78 is 4.83. The summed E-state index contributed by atoms with van der Waals surface area (Å²) >= 11 is 0. The minimum absolute atomic E-state index is 0.242. The molecule has 6 nitrogen and oxygen atoms in total. The van der Waals surface area contributed by atoms with E-state index in [1.165, 1.54) is 31.4 Å². The number of aliphatic carboxylic acids is 2. The number of benzene rings is 1. The number of carboxylic acid groups (broad SMARTS) is 2. The molecule has 0 unspecified atom stereocenters. The third kappa shape index (κ3) is 1.82. The van der Waals surface area contributed by atoms with Crippen LogP contribution in [0.3, 0.4) is 0 Å². The first kappa shape index (κ1) is 12.0. The highest BCUT2D eigenvalue weighted by atomic mass is 16.5. The van der Waals surface area contributed by atoms with Gasteiger partial charge in [-0.15, -0.1) is 0 Å². The third-order valence-electron chi connectivity index (χ3n) is 2.13. The van der Waals surface area contributed by atoms with Gasteiger partial charge in [-0.25, -0.2) is 9.59 Å². The Labute approximate surface area is 90.7 Å². The van der Waals surface area contributed by atoms with Crippen LogP contribution in [0.2, 0.25) is 0 Å². The zero-order valence-electron chi connectivity index (χ0n) is 8.38. The summed E-state index contributed by atoms with van der Waals surface area (Å²) in [4.78, 5) is 21.5. The largest absolute Gasteiger partial charge is 0.497 e. The van der Waals surface area contributed by atoms with E-state index in [1.54, 1.807) is 0 Å². The molecule has 0 aliphatic carbocycles. The molecule has 0 aliphatic rings. The highest BCUT2D eigenvalue weighted by molar-refractivity contribution is 6.02. The molecule has 86 valence electrons. The molecule has 0 heterocycles. The SMILES string of the molecule is COc1ccc(C(O)(C(=O)O)C(=O)O)cc1. The summed E-state index contributed by atoms with van der Waals surface area (Å²) in [6.45, 7) is 0. The smallest absolute Gasteiger partial charge is 0.352 e. The van der Waals surface area contributed by atoms with Crippen molar-refractivity contribution < 1.29 is 29.6 Å². The zero-order valence-corrected chi connectivity index (χ0v) is 8.38. The molecule has 0 bridgehead atoms. The number of hydrogen-bond acceptors (Lipinski definition) is 4. The second kappa shape index (κ2) is 4.19. The van der Waals surface area contributed by atoms with Crippen LogP contribution < -0.4 is 4.74 Å². The molecule has 6 heteroatoms. The topological polar surface area (TPSA) is 104 Å². The van der Waals surface area contributed by atoms with Gasteiger partial charge < -0.3 is 20.1 Å². The van der Waals surface area contributed by atoms with Crippen LogP contribution >= 0.6 is 0 Å². The van der Waals surface area contributed by atoms with Crippen LogP contribution in [0, 0.1) is 0 Å². The van der Waals surface area contributed by atoms with E-state index < -0.39 is 17.5 Å². The van der Waals surface area contributed by atoms with Crippen molar-refractivity contribution in [2.75, 3.05) is 7.11 Å². The van der Waals surface area contributed by atoms with E-state index in [9.17, 15) is 14.7 Å². The monoisotopic (exact) mass is 226 g/mol. The molecule has 1 aromatic rings. The van der Waals surface area contributed by atoms with Gasteiger partial charge in [0.2, 0.25) is 0 Å². The Morgan fingerprint density at radius 1 is 1.12 bits per heavy atom. The number of carbonyl (C=O) groups is 2. The lowest BCUT2D eigenvalue weighted by Gasteiger charge is -2.18. The van der Waals surface area contributed by atoms with E-state index in [-0.39, 0.29) is 5.56 Å². The minimum Gasteiger partial charge on any atom is -0.497 e. The zero-order chi connectivity index (χ0) is 12.3. The van der Waals surface area contributed by atoms with Crippen molar-refractivity contribution in [1.82, 2.24) is 0 Å². The molecule has 0 amide bonds. The summed E-state index contributed by atoms with van der Waals surface area (Å²) in [5.41, 5.74) is -3.18. The van der Waals surface area contributed by atoms with Gasteiger partial charge in [-0.2, -0.15) is 0 Å². The Balaban J connectivity index is 3.22. The van der Waals surface area contributed by atoms with Gasteiger partial charge in [0.15, 0.2) is 0 Å². The average molecular weight is 226 g/mol. The van der Waals surface area contributed by atoms with E-state index in [4.69, 9.17) is 14.9 Å². The summed E-state index contributed by atoms with van der Waals surface area (Å²) in [7, 11) is 1.41. The van der Waals surface area contributed by atoms with Crippen molar-refractivity contribution in [3.05, 3.63) is 29.8 Å². The first-order valence-corrected chi connectivity index (χ1v) is 4.26. The van der Waals surface area contributed by atoms with Gasteiger partial charge in [-0.05, 0) is 12.1 Å². The number of ether oxygens (including phenoxy) is 1. The van der Waals surface area contributed by atoms with Gasteiger partial charge >= 0.3 is 11.9 Å². The average Bonchev–Trinajstić information content (AvgIpc) is 2.27. The second-order valence-corrected chi connectivity index (χ2v) is 3.05. The van der Waals surface area contributed by atoms with E-state index >= 15 is 0 Å². The molecule has 0 aromatic heterocycles. The standard InChI is InChI=1S/C10H10O6/c1-16-7-4-2-6(3-5-7)10(15,8(11)12)9(13)14/h2-5,15H,1H3,(H,11,12)(H,13,14). The van der Waals surface area contributed by atoms with Crippen LogP contribution in [0.1, 0.15) is 5.56 Å². The molecule has 0 aliphatic heterocycles. The molecule has 0 fully saturated rings. The number of aliphatic hydroxyl groups is 1. The van der Waals surface area contributed by atoms with Crippen molar-refractivity contribution in [3.8, 4) is 5.75 Å². The maximum absolute atomic E-state index is 10.8. The van der Waals surface area contributed by atoms with Crippen molar-refractivity contribution in [1.29, 1.82) is 0 Å². The van der Waals surface area contributed by atoms with Crippen LogP contribution in [0.5, 0.6) is 5.75 Å². The number of rotatable bonds is 4. The predicted molar refractivity (Wildman–Crippen MR) is 52.2 cm³/mol. The summed E-state index contributed by atoms with van der Waals surface area (Å²) in [5.74, 6) is -3.25. The summed E-state index contributed by atoms with van der Waals surface area (Å²) in [6, 6.07) is 5.10. The molecule has 1 aromatic carbocycles. The normalized spacial score (nSPS) is 10.9. The van der Waals surface area contributed by atoms with E-state index in [0.29, 0.717) is 5.75 Å². The van der Waals surface area contributed by atoms with Gasteiger partial charge in [0.05, 0.1) is 7.11 Å². The number of methoxy groups -OCH3 is 1. The predicted octanol–water partition coefficient (Wildman–Crippen LogP) is 0.0520. The first-order chi connectivity index (χ1) is 7.42. The van der Waals surface area contributed by atoms with Gasteiger partial charge in [0.1, 0.15) is 5.75 Å². The fourth-order valence-corrected chi connectivity index (χ4v) is 1.17. The van der Waals surface area contributed by atoms with Gasteiger partial charge in [-0.1, -0.05) is 12.1 Å². The molecule has 16 heavy (non-hydrogen) atoms. The Kier molecular flexibility index (Phi) is 3.14. The maximum Gasteiger partial charge on any atom is 0.352 e. The van der Waals surface area contributed by atoms with E-state index in [1.807, 2.05) is 0 Å². The lowest BCUT2D eigenvalue weighted by molar-refractivity contribution is -0.177.